The lowest BCUT2D eigenvalue weighted by Crippen LogP contribution is -2.19. The zero-order chi connectivity index (χ0) is 13.0. The van der Waals surface area contributed by atoms with Crippen molar-refractivity contribution >= 4 is 28.8 Å². The summed E-state index contributed by atoms with van der Waals surface area (Å²) in [5.74, 6) is 1.46. The van der Waals surface area contributed by atoms with E-state index in [1.807, 2.05) is 37.3 Å². The standard InChI is InChI=1S/C12H14N4OS/c1-8-6-11(16-15-8)14-12(18)13-9-4-3-5-10(7-9)17-2/h3-7H,1-2H3,(H3,13,14,15,16,18). The first-order valence-electron chi connectivity index (χ1n) is 5.41. The van der Waals surface area contributed by atoms with Gasteiger partial charge in [-0.2, -0.15) is 5.10 Å². The number of aryl methyl sites for hydroxylation is 1. The molecule has 3 N–H and O–H groups in total. The quantitative estimate of drug-likeness (QED) is 0.742. The highest BCUT2D eigenvalue weighted by atomic mass is 32.1. The van der Waals surface area contributed by atoms with Gasteiger partial charge in [-0.25, -0.2) is 0 Å². The van der Waals surface area contributed by atoms with Gasteiger partial charge in [-0.3, -0.25) is 5.10 Å². The number of thiocarbonyl (C=S) groups is 1. The van der Waals surface area contributed by atoms with Crippen LogP contribution in [0.5, 0.6) is 5.75 Å². The molecule has 0 aliphatic heterocycles. The summed E-state index contributed by atoms with van der Waals surface area (Å²) in [5.41, 5.74) is 1.83. The van der Waals surface area contributed by atoms with Gasteiger partial charge in [0.15, 0.2) is 10.9 Å². The van der Waals surface area contributed by atoms with Gasteiger partial charge < -0.3 is 15.4 Å². The highest BCUT2D eigenvalue weighted by Crippen LogP contribution is 2.17. The maximum absolute atomic E-state index is 5.19. The van der Waals surface area contributed by atoms with Crippen molar-refractivity contribution in [3.05, 3.63) is 36.0 Å². The lowest BCUT2D eigenvalue weighted by molar-refractivity contribution is 0.415. The predicted octanol–water partition coefficient (Wildman–Crippen LogP) is 2.54. The summed E-state index contributed by atoms with van der Waals surface area (Å²) in [5, 5.41) is 13.4. The Bertz CT molecular complexity index is 553. The number of benzene rings is 1. The lowest BCUT2D eigenvalue weighted by atomic mass is 10.3. The molecule has 2 aromatic rings. The molecule has 0 radical (unpaired) electrons. The summed E-state index contributed by atoms with van der Waals surface area (Å²) in [6.07, 6.45) is 0. The molecular formula is C12H14N4OS. The van der Waals surface area contributed by atoms with Crippen molar-refractivity contribution in [2.75, 3.05) is 17.7 Å². The molecular weight excluding hydrogens is 248 g/mol. The van der Waals surface area contributed by atoms with Crippen molar-refractivity contribution in [3.63, 3.8) is 0 Å². The Hall–Kier alpha value is -2.08. The minimum Gasteiger partial charge on any atom is -0.497 e. The van der Waals surface area contributed by atoms with E-state index >= 15 is 0 Å². The summed E-state index contributed by atoms with van der Waals surface area (Å²) in [7, 11) is 1.63. The number of nitrogens with one attached hydrogen (secondary N) is 3. The summed E-state index contributed by atoms with van der Waals surface area (Å²) >= 11 is 5.19. The van der Waals surface area contributed by atoms with Crippen LogP contribution in [0, 0.1) is 6.92 Å². The Kier molecular flexibility index (Phi) is 3.78. The maximum atomic E-state index is 5.19. The fourth-order valence-corrected chi connectivity index (χ4v) is 1.68. The van der Waals surface area contributed by atoms with E-state index in [0.717, 1.165) is 17.1 Å². The first kappa shape index (κ1) is 12.4. The van der Waals surface area contributed by atoms with Gasteiger partial charge in [-0.05, 0) is 31.3 Å². The van der Waals surface area contributed by atoms with Crippen LogP contribution in [0.2, 0.25) is 0 Å². The van der Waals surface area contributed by atoms with E-state index in [1.165, 1.54) is 0 Å². The number of H-pyrrole nitrogens is 1. The molecule has 0 fully saturated rings. The van der Waals surface area contributed by atoms with E-state index in [0.29, 0.717) is 10.9 Å². The molecule has 0 unspecified atom stereocenters. The molecule has 18 heavy (non-hydrogen) atoms. The molecule has 6 heteroatoms. The second-order valence-electron chi connectivity index (χ2n) is 3.75. The van der Waals surface area contributed by atoms with Crippen LogP contribution in [0.15, 0.2) is 30.3 Å². The molecule has 94 valence electrons. The van der Waals surface area contributed by atoms with Crippen LogP contribution in [0.4, 0.5) is 11.5 Å². The van der Waals surface area contributed by atoms with Gasteiger partial charge in [0.05, 0.1) is 7.11 Å². The molecule has 0 aliphatic rings. The van der Waals surface area contributed by atoms with Crippen LogP contribution in [0.3, 0.4) is 0 Å². The molecule has 0 spiro atoms. The van der Waals surface area contributed by atoms with E-state index in [9.17, 15) is 0 Å². The molecule has 0 atom stereocenters. The average molecular weight is 262 g/mol. The summed E-state index contributed by atoms with van der Waals surface area (Å²) in [6, 6.07) is 9.41. The van der Waals surface area contributed by atoms with Gasteiger partial charge in [0.2, 0.25) is 0 Å². The Labute approximate surface area is 111 Å². The smallest absolute Gasteiger partial charge is 0.176 e. The van der Waals surface area contributed by atoms with Gasteiger partial charge in [0.1, 0.15) is 5.75 Å². The van der Waals surface area contributed by atoms with Gasteiger partial charge >= 0.3 is 0 Å². The number of methoxy groups -OCH3 is 1. The van der Waals surface area contributed by atoms with E-state index in [-0.39, 0.29) is 0 Å². The minimum absolute atomic E-state index is 0.481. The Morgan fingerprint density at radius 3 is 2.83 bits per heavy atom. The first-order chi connectivity index (χ1) is 8.67. The number of rotatable bonds is 3. The van der Waals surface area contributed by atoms with Crippen LogP contribution >= 0.6 is 12.2 Å². The van der Waals surface area contributed by atoms with Crippen LogP contribution in [-0.2, 0) is 0 Å². The third-order valence-corrected chi connectivity index (χ3v) is 2.48. The molecule has 0 saturated heterocycles. The average Bonchev–Trinajstić information content (AvgIpc) is 2.74. The van der Waals surface area contributed by atoms with E-state index < -0.39 is 0 Å². The molecule has 0 saturated carbocycles. The number of hydrogen-bond acceptors (Lipinski definition) is 3. The van der Waals surface area contributed by atoms with Crippen molar-refractivity contribution < 1.29 is 4.74 Å². The normalized spacial score (nSPS) is 9.89. The number of aromatic nitrogens is 2. The van der Waals surface area contributed by atoms with E-state index in [4.69, 9.17) is 17.0 Å². The van der Waals surface area contributed by atoms with Crippen molar-refractivity contribution in [2.45, 2.75) is 6.92 Å². The number of aromatic amines is 1. The van der Waals surface area contributed by atoms with Crippen molar-refractivity contribution in [1.82, 2.24) is 10.2 Å². The van der Waals surface area contributed by atoms with E-state index in [1.54, 1.807) is 7.11 Å². The van der Waals surface area contributed by atoms with Crippen LogP contribution < -0.4 is 15.4 Å². The zero-order valence-electron chi connectivity index (χ0n) is 10.2. The molecule has 2 rings (SSSR count). The molecule has 1 heterocycles. The largest absolute Gasteiger partial charge is 0.497 e. The van der Waals surface area contributed by atoms with Gasteiger partial charge in [0.25, 0.3) is 0 Å². The third kappa shape index (κ3) is 3.21. The fourth-order valence-electron chi connectivity index (χ4n) is 1.46. The Morgan fingerprint density at radius 2 is 2.17 bits per heavy atom. The molecule has 1 aromatic heterocycles. The van der Waals surface area contributed by atoms with Crippen LogP contribution in [0.25, 0.3) is 0 Å². The highest BCUT2D eigenvalue weighted by Gasteiger charge is 2.02. The maximum Gasteiger partial charge on any atom is 0.176 e. The number of hydrogen-bond donors (Lipinski definition) is 3. The second-order valence-corrected chi connectivity index (χ2v) is 4.16. The van der Waals surface area contributed by atoms with E-state index in [2.05, 4.69) is 20.8 Å². The van der Waals surface area contributed by atoms with Crippen molar-refractivity contribution in [2.24, 2.45) is 0 Å². The molecule has 0 amide bonds. The zero-order valence-corrected chi connectivity index (χ0v) is 11.0. The molecule has 1 aromatic carbocycles. The van der Waals surface area contributed by atoms with Crippen molar-refractivity contribution in [1.29, 1.82) is 0 Å². The molecule has 5 nitrogen and oxygen atoms in total. The van der Waals surface area contributed by atoms with Gasteiger partial charge in [-0.15, -0.1) is 0 Å². The topological polar surface area (TPSA) is 62.0 Å². The molecule has 0 aliphatic carbocycles. The number of anilines is 2. The number of nitrogens with zero attached hydrogens (tertiary/aromatic N) is 1. The van der Waals surface area contributed by atoms with Gasteiger partial charge in [0, 0.05) is 23.5 Å². The summed E-state index contributed by atoms with van der Waals surface area (Å²) in [6.45, 7) is 1.93. The first-order valence-corrected chi connectivity index (χ1v) is 5.82. The van der Waals surface area contributed by atoms with Crippen LogP contribution in [0.1, 0.15) is 5.69 Å². The third-order valence-electron chi connectivity index (χ3n) is 2.28. The highest BCUT2D eigenvalue weighted by molar-refractivity contribution is 7.80. The van der Waals surface area contributed by atoms with Crippen molar-refractivity contribution in [3.8, 4) is 5.75 Å². The predicted molar refractivity (Wildman–Crippen MR) is 76.2 cm³/mol. The molecule has 0 bridgehead atoms. The lowest BCUT2D eigenvalue weighted by Gasteiger charge is -2.09. The summed E-state index contributed by atoms with van der Waals surface area (Å²) in [4.78, 5) is 0. The Balaban J connectivity index is 1.98. The SMILES string of the molecule is COc1cccc(NC(=S)Nc2cc(C)[nH]n2)c1. The van der Waals surface area contributed by atoms with Gasteiger partial charge in [-0.1, -0.05) is 6.07 Å². The number of ether oxygens (including phenoxy) is 1. The monoisotopic (exact) mass is 262 g/mol. The summed E-state index contributed by atoms with van der Waals surface area (Å²) < 4.78 is 5.14. The van der Waals surface area contributed by atoms with Crippen LogP contribution in [-0.4, -0.2) is 22.4 Å². The fraction of sp³-hybridized carbons (Fsp3) is 0.167. The Morgan fingerprint density at radius 1 is 1.33 bits per heavy atom. The second kappa shape index (κ2) is 5.50. The minimum atomic E-state index is 0.481.